The molecule has 1 aliphatic heterocycles. The lowest BCUT2D eigenvalue weighted by Gasteiger charge is -2.35. The van der Waals surface area contributed by atoms with E-state index in [-0.39, 0.29) is 19.1 Å². The fourth-order valence-electron chi connectivity index (χ4n) is 4.96. The number of nitrogens with zero attached hydrogens (tertiary/aromatic N) is 3. The number of amides is 1. The Labute approximate surface area is 206 Å². The van der Waals surface area contributed by atoms with Crippen LogP contribution in [0.5, 0.6) is 0 Å². The molecule has 1 aliphatic carbocycles. The third-order valence-electron chi connectivity index (χ3n) is 6.93. The SMILES string of the molecule is Cc1nc(C)c(C(=O)N[C@@H](CCO[C@H]2C[C@@H](CCc3ccc4c(n3)NCCC4)C2)C(=O)O)c(C)n1. The fraction of sp³-hybridized carbons (Fsp3) is 0.577. The summed E-state index contributed by atoms with van der Waals surface area (Å²) in [6.45, 7) is 6.49. The molecule has 1 amide bonds. The highest BCUT2D eigenvalue weighted by atomic mass is 16.5. The van der Waals surface area contributed by atoms with Gasteiger partial charge >= 0.3 is 5.97 Å². The molecule has 2 aromatic rings. The lowest BCUT2D eigenvalue weighted by molar-refractivity contribution is -0.140. The third kappa shape index (κ3) is 6.33. The van der Waals surface area contributed by atoms with Gasteiger partial charge < -0.3 is 20.5 Å². The minimum absolute atomic E-state index is 0.151. The van der Waals surface area contributed by atoms with E-state index in [0.29, 0.717) is 28.7 Å². The molecule has 1 saturated carbocycles. The van der Waals surface area contributed by atoms with E-state index in [1.54, 1.807) is 20.8 Å². The largest absolute Gasteiger partial charge is 0.480 e. The van der Waals surface area contributed by atoms with Crippen LogP contribution in [0.1, 0.15) is 70.9 Å². The van der Waals surface area contributed by atoms with Gasteiger partial charge in [0, 0.05) is 25.3 Å². The van der Waals surface area contributed by atoms with Gasteiger partial charge in [0.1, 0.15) is 17.7 Å². The smallest absolute Gasteiger partial charge is 0.326 e. The van der Waals surface area contributed by atoms with Crippen LogP contribution in [-0.2, 0) is 22.4 Å². The van der Waals surface area contributed by atoms with Crippen molar-refractivity contribution in [2.75, 3.05) is 18.5 Å². The number of aromatic nitrogens is 3. The predicted octanol–water partition coefficient (Wildman–Crippen LogP) is 3.16. The van der Waals surface area contributed by atoms with E-state index < -0.39 is 17.9 Å². The summed E-state index contributed by atoms with van der Waals surface area (Å²) in [5.41, 5.74) is 3.84. The summed E-state index contributed by atoms with van der Waals surface area (Å²) in [4.78, 5) is 37.6. The molecule has 0 spiro atoms. The van der Waals surface area contributed by atoms with Crippen LogP contribution in [0.4, 0.5) is 5.82 Å². The molecule has 0 bridgehead atoms. The number of carboxylic acids is 1. The van der Waals surface area contributed by atoms with Gasteiger partial charge in [-0.25, -0.2) is 19.7 Å². The first-order valence-corrected chi connectivity index (χ1v) is 12.5. The van der Waals surface area contributed by atoms with Crippen molar-refractivity contribution < 1.29 is 19.4 Å². The van der Waals surface area contributed by atoms with Gasteiger partial charge in [0.2, 0.25) is 0 Å². The van der Waals surface area contributed by atoms with E-state index in [9.17, 15) is 14.7 Å². The molecule has 0 radical (unpaired) electrons. The second kappa shape index (κ2) is 11.1. The Bertz CT molecular complexity index is 1060. The molecule has 1 fully saturated rings. The van der Waals surface area contributed by atoms with E-state index in [1.165, 1.54) is 5.56 Å². The molecule has 0 unspecified atom stereocenters. The van der Waals surface area contributed by atoms with Gasteiger partial charge in [0.25, 0.3) is 5.91 Å². The number of carboxylic acid groups (broad SMARTS) is 1. The number of ether oxygens (including phenoxy) is 1. The summed E-state index contributed by atoms with van der Waals surface area (Å²) in [6.07, 6.45) is 6.62. The molecule has 3 heterocycles. The molecule has 35 heavy (non-hydrogen) atoms. The lowest BCUT2D eigenvalue weighted by Crippen LogP contribution is -2.42. The zero-order chi connectivity index (χ0) is 24.9. The van der Waals surface area contributed by atoms with Crippen LogP contribution in [0.3, 0.4) is 0 Å². The minimum Gasteiger partial charge on any atom is -0.480 e. The maximum Gasteiger partial charge on any atom is 0.326 e. The lowest BCUT2D eigenvalue weighted by atomic mass is 9.79. The first-order chi connectivity index (χ1) is 16.8. The van der Waals surface area contributed by atoms with Crippen molar-refractivity contribution in [1.29, 1.82) is 0 Å². The third-order valence-corrected chi connectivity index (χ3v) is 6.93. The van der Waals surface area contributed by atoms with Crippen molar-refractivity contribution in [3.05, 3.63) is 46.2 Å². The Kier molecular flexibility index (Phi) is 7.95. The molecule has 188 valence electrons. The summed E-state index contributed by atoms with van der Waals surface area (Å²) in [5.74, 6) is 0.678. The zero-order valence-electron chi connectivity index (χ0n) is 20.8. The molecular formula is C26H35N5O4. The summed E-state index contributed by atoms with van der Waals surface area (Å²) >= 11 is 0. The van der Waals surface area contributed by atoms with Gasteiger partial charge in [-0.15, -0.1) is 0 Å². The normalized spacial score (nSPS) is 19.7. The number of carbonyl (C=O) groups excluding carboxylic acids is 1. The van der Waals surface area contributed by atoms with Gasteiger partial charge in [-0.3, -0.25) is 4.79 Å². The Morgan fingerprint density at radius 3 is 2.63 bits per heavy atom. The Morgan fingerprint density at radius 2 is 1.91 bits per heavy atom. The number of hydrogen-bond acceptors (Lipinski definition) is 7. The number of carbonyl (C=O) groups is 2. The van der Waals surface area contributed by atoms with Crippen molar-refractivity contribution in [2.45, 2.75) is 77.9 Å². The van der Waals surface area contributed by atoms with E-state index in [4.69, 9.17) is 9.72 Å². The molecule has 0 aromatic carbocycles. The predicted molar refractivity (Wildman–Crippen MR) is 132 cm³/mol. The highest BCUT2D eigenvalue weighted by Gasteiger charge is 2.30. The number of pyridine rings is 1. The van der Waals surface area contributed by atoms with Crippen molar-refractivity contribution in [3.8, 4) is 0 Å². The topological polar surface area (TPSA) is 126 Å². The van der Waals surface area contributed by atoms with Gasteiger partial charge in [-0.1, -0.05) is 6.07 Å². The maximum atomic E-state index is 12.7. The van der Waals surface area contributed by atoms with Gasteiger partial charge in [0.05, 0.1) is 23.1 Å². The Balaban J connectivity index is 1.18. The molecule has 9 heteroatoms. The van der Waals surface area contributed by atoms with Crippen molar-refractivity contribution in [1.82, 2.24) is 20.3 Å². The fourth-order valence-corrected chi connectivity index (χ4v) is 4.96. The van der Waals surface area contributed by atoms with E-state index in [1.807, 2.05) is 0 Å². The number of nitrogens with one attached hydrogen (secondary N) is 2. The van der Waals surface area contributed by atoms with E-state index in [0.717, 1.165) is 56.6 Å². The number of fused-ring (bicyclic) bond motifs is 1. The monoisotopic (exact) mass is 481 g/mol. The van der Waals surface area contributed by atoms with Crippen molar-refractivity contribution in [2.24, 2.45) is 5.92 Å². The van der Waals surface area contributed by atoms with Crippen molar-refractivity contribution in [3.63, 3.8) is 0 Å². The molecule has 2 aliphatic rings. The van der Waals surface area contributed by atoms with Crippen LogP contribution in [0.15, 0.2) is 12.1 Å². The average molecular weight is 482 g/mol. The number of aryl methyl sites for hydroxylation is 5. The highest BCUT2D eigenvalue weighted by Crippen LogP contribution is 2.34. The quantitative estimate of drug-likeness (QED) is 0.472. The molecule has 4 rings (SSSR count). The highest BCUT2D eigenvalue weighted by molar-refractivity contribution is 5.98. The first kappa shape index (κ1) is 25.0. The molecule has 0 saturated heterocycles. The molecule has 2 aromatic heterocycles. The van der Waals surface area contributed by atoms with Crippen molar-refractivity contribution >= 4 is 17.7 Å². The Hall–Kier alpha value is -3.07. The molecular weight excluding hydrogens is 446 g/mol. The summed E-state index contributed by atoms with van der Waals surface area (Å²) in [6, 6.07) is 3.31. The minimum atomic E-state index is -1.08. The summed E-state index contributed by atoms with van der Waals surface area (Å²) in [7, 11) is 0. The standard InChI is InChI=1S/C26H35N5O4/c1-15-23(16(2)29-17(3)28-15)25(32)31-22(26(33)34)10-12-35-21-13-18(14-21)6-8-20-9-7-19-5-4-11-27-24(19)30-20/h7,9,18,21-22H,4-6,8,10-14H2,1-3H3,(H,27,30)(H,31,32)(H,33,34)/t18-,21+,22-/m0/s1. The molecule has 9 nitrogen and oxygen atoms in total. The molecule has 3 N–H and O–H groups in total. The van der Waals surface area contributed by atoms with Crippen LogP contribution in [0, 0.1) is 26.7 Å². The van der Waals surface area contributed by atoms with Crippen LogP contribution >= 0.6 is 0 Å². The van der Waals surface area contributed by atoms with Gasteiger partial charge in [-0.2, -0.15) is 0 Å². The number of aliphatic carboxylic acids is 1. The van der Waals surface area contributed by atoms with Crippen LogP contribution in [0.25, 0.3) is 0 Å². The van der Waals surface area contributed by atoms with Crippen LogP contribution < -0.4 is 10.6 Å². The second-order valence-corrected chi connectivity index (χ2v) is 9.68. The number of anilines is 1. The number of hydrogen-bond donors (Lipinski definition) is 3. The van der Waals surface area contributed by atoms with E-state index >= 15 is 0 Å². The zero-order valence-corrected chi connectivity index (χ0v) is 20.8. The molecule has 1 atom stereocenters. The average Bonchev–Trinajstić information content (AvgIpc) is 2.78. The van der Waals surface area contributed by atoms with E-state index in [2.05, 4.69) is 32.7 Å². The van der Waals surface area contributed by atoms with Crippen LogP contribution in [0.2, 0.25) is 0 Å². The summed E-state index contributed by atoms with van der Waals surface area (Å²) < 4.78 is 5.90. The maximum absolute atomic E-state index is 12.7. The number of rotatable bonds is 10. The first-order valence-electron chi connectivity index (χ1n) is 12.5. The van der Waals surface area contributed by atoms with Gasteiger partial charge in [-0.05, 0) is 76.8 Å². The summed E-state index contributed by atoms with van der Waals surface area (Å²) in [5, 5.41) is 15.6. The Morgan fingerprint density at radius 1 is 1.17 bits per heavy atom. The second-order valence-electron chi connectivity index (χ2n) is 9.68. The van der Waals surface area contributed by atoms with Crippen LogP contribution in [-0.4, -0.2) is 57.2 Å². The van der Waals surface area contributed by atoms with Gasteiger partial charge in [0.15, 0.2) is 0 Å².